The summed E-state index contributed by atoms with van der Waals surface area (Å²) in [6.45, 7) is 10.8. The molecule has 1 aliphatic rings. The molecule has 0 atom stereocenters. The third kappa shape index (κ3) is 3.46. The predicted octanol–water partition coefficient (Wildman–Crippen LogP) is 2.26. The molecule has 5 heteroatoms. The van der Waals surface area contributed by atoms with Crippen molar-refractivity contribution >= 4 is 21.7 Å². The molecule has 2 heterocycles. The molecule has 0 aromatic carbocycles. The van der Waals surface area contributed by atoms with Gasteiger partial charge in [0, 0.05) is 48.0 Å². The fraction of sp³-hybridized carbons (Fsp3) is 0.643. The lowest BCUT2D eigenvalue weighted by molar-refractivity contribution is 0.128. The van der Waals surface area contributed by atoms with Gasteiger partial charge in [-0.1, -0.05) is 0 Å². The van der Waals surface area contributed by atoms with E-state index in [9.17, 15) is 5.11 Å². The first-order chi connectivity index (χ1) is 8.91. The standard InChI is InChI=1S/C14H22BrN3O/c1-14(2,3)18-6-4-17(5-7-18)13-11(10-19)8-12(15)9-16-13/h8-9,19H,4-7,10H2,1-3H3. The van der Waals surface area contributed by atoms with Crippen molar-refractivity contribution in [3.05, 3.63) is 22.3 Å². The van der Waals surface area contributed by atoms with E-state index in [1.165, 1.54) is 0 Å². The average Bonchev–Trinajstić information content (AvgIpc) is 2.37. The summed E-state index contributed by atoms with van der Waals surface area (Å²) in [4.78, 5) is 9.21. The quantitative estimate of drug-likeness (QED) is 0.904. The summed E-state index contributed by atoms with van der Waals surface area (Å²) in [5, 5.41) is 9.46. The lowest BCUT2D eigenvalue weighted by atomic mass is 10.0. The molecule has 1 saturated heterocycles. The molecular weight excluding hydrogens is 306 g/mol. The van der Waals surface area contributed by atoms with Crippen LogP contribution in [0, 0.1) is 0 Å². The minimum absolute atomic E-state index is 0.0290. The lowest BCUT2D eigenvalue weighted by Gasteiger charge is -2.43. The van der Waals surface area contributed by atoms with Crippen molar-refractivity contribution < 1.29 is 5.11 Å². The molecule has 2 rings (SSSR count). The fourth-order valence-electron chi connectivity index (χ4n) is 2.46. The zero-order chi connectivity index (χ0) is 14.0. The van der Waals surface area contributed by atoms with Crippen LogP contribution >= 0.6 is 15.9 Å². The van der Waals surface area contributed by atoms with Crippen molar-refractivity contribution in [2.75, 3.05) is 31.1 Å². The van der Waals surface area contributed by atoms with Crippen LogP contribution in [0.5, 0.6) is 0 Å². The number of halogens is 1. The molecule has 1 fully saturated rings. The number of aliphatic hydroxyl groups excluding tert-OH is 1. The van der Waals surface area contributed by atoms with Gasteiger partial charge in [-0.2, -0.15) is 0 Å². The number of hydrogen-bond acceptors (Lipinski definition) is 4. The van der Waals surface area contributed by atoms with E-state index in [-0.39, 0.29) is 12.1 Å². The van der Waals surface area contributed by atoms with E-state index in [0.717, 1.165) is 42.0 Å². The van der Waals surface area contributed by atoms with Crippen LogP contribution in [0.1, 0.15) is 26.3 Å². The Kier molecular flexibility index (Phi) is 4.48. The van der Waals surface area contributed by atoms with Crippen LogP contribution in [-0.4, -0.2) is 46.7 Å². The molecule has 0 radical (unpaired) electrons. The third-order valence-electron chi connectivity index (χ3n) is 3.61. The van der Waals surface area contributed by atoms with E-state index in [1.807, 2.05) is 6.07 Å². The predicted molar refractivity (Wildman–Crippen MR) is 81.4 cm³/mol. The van der Waals surface area contributed by atoms with Gasteiger partial charge in [-0.3, -0.25) is 4.90 Å². The van der Waals surface area contributed by atoms with Crippen molar-refractivity contribution in [3.8, 4) is 0 Å². The van der Waals surface area contributed by atoms with Crippen molar-refractivity contribution in [2.45, 2.75) is 32.9 Å². The highest BCUT2D eigenvalue weighted by molar-refractivity contribution is 9.10. The fourth-order valence-corrected chi connectivity index (χ4v) is 2.84. The second kappa shape index (κ2) is 5.77. The zero-order valence-corrected chi connectivity index (χ0v) is 13.4. The molecule has 106 valence electrons. The number of aromatic nitrogens is 1. The minimum Gasteiger partial charge on any atom is -0.392 e. The van der Waals surface area contributed by atoms with Crippen LogP contribution in [-0.2, 0) is 6.61 Å². The first-order valence-electron chi connectivity index (χ1n) is 6.67. The summed E-state index contributed by atoms with van der Waals surface area (Å²) in [6.07, 6.45) is 1.80. The first-order valence-corrected chi connectivity index (χ1v) is 7.46. The molecule has 4 nitrogen and oxygen atoms in total. The number of pyridine rings is 1. The molecule has 0 saturated carbocycles. The maximum Gasteiger partial charge on any atom is 0.134 e. The zero-order valence-electron chi connectivity index (χ0n) is 11.9. The number of piperazine rings is 1. The molecule has 0 amide bonds. The molecule has 1 aromatic rings. The highest BCUT2D eigenvalue weighted by Crippen LogP contribution is 2.24. The molecular formula is C14H22BrN3O. The van der Waals surface area contributed by atoms with Gasteiger partial charge in [0.1, 0.15) is 5.82 Å². The SMILES string of the molecule is CC(C)(C)N1CCN(c2ncc(Br)cc2CO)CC1. The van der Waals surface area contributed by atoms with Crippen LogP contribution in [0.25, 0.3) is 0 Å². The molecule has 19 heavy (non-hydrogen) atoms. The minimum atomic E-state index is 0.0290. The molecule has 0 unspecified atom stereocenters. The van der Waals surface area contributed by atoms with Crippen LogP contribution < -0.4 is 4.90 Å². The molecule has 0 spiro atoms. The topological polar surface area (TPSA) is 39.6 Å². The Bertz CT molecular complexity index is 437. The molecule has 1 aromatic heterocycles. The summed E-state index contributed by atoms with van der Waals surface area (Å²) in [6, 6.07) is 1.94. The van der Waals surface area contributed by atoms with Gasteiger partial charge in [-0.15, -0.1) is 0 Å². The number of aliphatic hydroxyl groups is 1. The number of hydrogen-bond donors (Lipinski definition) is 1. The van der Waals surface area contributed by atoms with Crippen molar-refractivity contribution in [3.63, 3.8) is 0 Å². The Balaban J connectivity index is 2.10. The van der Waals surface area contributed by atoms with Gasteiger partial charge in [-0.25, -0.2) is 4.98 Å². The second-order valence-corrected chi connectivity index (χ2v) is 6.85. The van der Waals surface area contributed by atoms with Crippen LogP contribution in [0.3, 0.4) is 0 Å². The van der Waals surface area contributed by atoms with Gasteiger partial charge in [-0.05, 0) is 42.8 Å². The number of anilines is 1. The lowest BCUT2D eigenvalue weighted by Crippen LogP contribution is -2.53. The summed E-state index contributed by atoms with van der Waals surface area (Å²) in [5.74, 6) is 0.916. The van der Waals surface area contributed by atoms with Gasteiger partial charge in [0.25, 0.3) is 0 Å². The van der Waals surface area contributed by atoms with Crippen LogP contribution in [0.2, 0.25) is 0 Å². The van der Waals surface area contributed by atoms with E-state index in [0.29, 0.717) is 0 Å². The van der Waals surface area contributed by atoms with E-state index in [2.05, 4.69) is 51.5 Å². The molecule has 1 aliphatic heterocycles. The monoisotopic (exact) mass is 327 g/mol. The van der Waals surface area contributed by atoms with E-state index >= 15 is 0 Å². The van der Waals surface area contributed by atoms with Gasteiger partial charge < -0.3 is 10.0 Å². The van der Waals surface area contributed by atoms with Crippen LogP contribution in [0.15, 0.2) is 16.7 Å². The van der Waals surface area contributed by atoms with Gasteiger partial charge in [0.15, 0.2) is 0 Å². The van der Waals surface area contributed by atoms with Gasteiger partial charge in [0.2, 0.25) is 0 Å². The Morgan fingerprint density at radius 1 is 1.26 bits per heavy atom. The average molecular weight is 328 g/mol. The van der Waals surface area contributed by atoms with Crippen molar-refractivity contribution in [2.24, 2.45) is 0 Å². The summed E-state index contributed by atoms with van der Waals surface area (Å²) in [5.41, 5.74) is 1.11. The molecule has 1 N–H and O–H groups in total. The van der Waals surface area contributed by atoms with E-state index < -0.39 is 0 Å². The number of rotatable bonds is 2. The molecule has 0 bridgehead atoms. The van der Waals surface area contributed by atoms with E-state index in [1.54, 1.807) is 6.20 Å². The second-order valence-electron chi connectivity index (χ2n) is 5.94. The maximum atomic E-state index is 9.46. The Morgan fingerprint density at radius 3 is 2.42 bits per heavy atom. The summed E-state index contributed by atoms with van der Waals surface area (Å²) in [7, 11) is 0. The normalized spacial score (nSPS) is 17.8. The third-order valence-corrected chi connectivity index (χ3v) is 4.04. The highest BCUT2D eigenvalue weighted by Gasteiger charge is 2.27. The van der Waals surface area contributed by atoms with Gasteiger partial charge in [0.05, 0.1) is 6.61 Å². The van der Waals surface area contributed by atoms with Crippen LogP contribution in [0.4, 0.5) is 5.82 Å². The van der Waals surface area contributed by atoms with Crippen molar-refractivity contribution in [1.29, 1.82) is 0 Å². The smallest absolute Gasteiger partial charge is 0.134 e. The Morgan fingerprint density at radius 2 is 1.89 bits per heavy atom. The van der Waals surface area contributed by atoms with Gasteiger partial charge >= 0.3 is 0 Å². The van der Waals surface area contributed by atoms with E-state index in [4.69, 9.17) is 0 Å². The Labute approximate surface area is 123 Å². The largest absolute Gasteiger partial charge is 0.392 e. The Hall–Kier alpha value is -0.650. The highest BCUT2D eigenvalue weighted by atomic mass is 79.9. The maximum absolute atomic E-state index is 9.46. The summed E-state index contributed by atoms with van der Waals surface area (Å²) < 4.78 is 0.911. The first kappa shape index (κ1) is 14.8. The number of nitrogens with zero attached hydrogens (tertiary/aromatic N) is 3. The van der Waals surface area contributed by atoms with Crippen molar-refractivity contribution in [1.82, 2.24) is 9.88 Å². The summed E-state index contributed by atoms with van der Waals surface area (Å²) >= 11 is 3.40. The molecule has 0 aliphatic carbocycles.